The minimum atomic E-state index is -0.991. The number of rotatable bonds is 6. The number of aromatic nitrogens is 1. The maximum absolute atomic E-state index is 12.6. The zero-order valence-corrected chi connectivity index (χ0v) is 14.9. The molecule has 0 radical (unpaired) electrons. The molecular formula is C19H21NO5. The van der Waals surface area contributed by atoms with E-state index in [0.29, 0.717) is 28.1 Å². The molecule has 0 saturated carbocycles. The van der Waals surface area contributed by atoms with Gasteiger partial charge in [-0.1, -0.05) is 6.07 Å². The SMILES string of the molecule is COc1cccc(C(=O)O[C@@H](C)C(=O)c2[nH]c(C)c(C(C)=O)c2C)c1. The quantitative estimate of drug-likeness (QED) is 0.643. The Kier molecular flexibility index (Phi) is 5.41. The van der Waals surface area contributed by atoms with Gasteiger partial charge < -0.3 is 14.5 Å². The van der Waals surface area contributed by atoms with Gasteiger partial charge in [0, 0.05) is 11.3 Å². The average molecular weight is 343 g/mol. The van der Waals surface area contributed by atoms with Crippen LogP contribution in [0, 0.1) is 13.8 Å². The van der Waals surface area contributed by atoms with E-state index in [4.69, 9.17) is 9.47 Å². The molecule has 6 nitrogen and oxygen atoms in total. The summed E-state index contributed by atoms with van der Waals surface area (Å²) in [7, 11) is 1.50. The van der Waals surface area contributed by atoms with Gasteiger partial charge in [-0.05, 0) is 51.5 Å². The van der Waals surface area contributed by atoms with Gasteiger partial charge in [0.25, 0.3) is 0 Å². The fourth-order valence-corrected chi connectivity index (χ4v) is 2.76. The summed E-state index contributed by atoms with van der Waals surface area (Å²) >= 11 is 0. The molecule has 25 heavy (non-hydrogen) atoms. The van der Waals surface area contributed by atoms with Gasteiger partial charge in [-0.15, -0.1) is 0 Å². The third-order valence-corrected chi connectivity index (χ3v) is 3.99. The van der Waals surface area contributed by atoms with E-state index in [0.717, 1.165) is 0 Å². The highest BCUT2D eigenvalue weighted by molar-refractivity contribution is 6.05. The lowest BCUT2D eigenvalue weighted by molar-refractivity contribution is 0.0316. The smallest absolute Gasteiger partial charge is 0.338 e. The second kappa shape index (κ2) is 7.34. The number of hydrogen-bond donors (Lipinski definition) is 1. The molecule has 0 unspecified atom stereocenters. The Morgan fingerprint density at radius 2 is 1.84 bits per heavy atom. The highest BCUT2D eigenvalue weighted by atomic mass is 16.5. The zero-order chi connectivity index (χ0) is 18.7. The topological polar surface area (TPSA) is 85.5 Å². The second-order valence-electron chi connectivity index (χ2n) is 5.82. The predicted octanol–water partition coefficient (Wildman–Crippen LogP) is 3.27. The Hall–Kier alpha value is -2.89. The molecule has 0 aliphatic heterocycles. The number of benzene rings is 1. The van der Waals surface area contributed by atoms with Crippen molar-refractivity contribution in [2.24, 2.45) is 0 Å². The first kappa shape index (κ1) is 18.4. The highest BCUT2D eigenvalue weighted by Crippen LogP contribution is 2.21. The first-order chi connectivity index (χ1) is 11.8. The third kappa shape index (κ3) is 3.79. The Morgan fingerprint density at radius 3 is 2.40 bits per heavy atom. The summed E-state index contributed by atoms with van der Waals surface area (Å²) in [6, 6.07) is 6.50. The van der Waals surface area contributed by atoms with Crippen molar-refractivity contribution in [2.45, 2.75) is 33.8 Å². The largest absolute Gasteiger partial charge is 0.497 e. The summed E-state index contributed by atoms with van der Waals surface area (Å²) in [4.78, 5) is 39.4. The van der Waals surface area contributed by atoms with E-state index in [9.17, 15) is 14.4 Å². The average Bonchev–Trinajstić information content (AvgIpc) is 2.88. The highest BCUT2D eigenvalue weighted by Gasteiger charge is 2.26. The van der Waals surface area contributed by atoms with Gasteiger partial charge in [0.2, 0.25) is 5.78 Å². The summed E-state index contributed by atoms with van der Waals surface area (Å²) in [5, 5.41) is 0. The molecule has 1 atom stereocenters. The Balaban J connectivity index is 2.19. The number of aromatic amines is 1. The second-order valence-corrected chi connectivity index (χ2v) is 5.82. The molecule has 1 aromatic heterocycles. The van der Waals surface area contributed by atoms with Crippen molar-refractivity contribution < 1.29 is 23.9 Å². The molecule has 132 valence electrons. The van der Waals surface area contributed by atoms with Crippen LogP contribution in [0.4, 0.5) is 0 Å². The number of carbonyl (C=O) groups is 3. The first-order valence-electron chi connectivity index (χ1n) is 7.85. The number of carbonyl (C=O) groups excluding carboxylic acids is 3. The number of esters is 1. The van der Waals surface area contributed by atoms with Crippen LogP contribution < -0.4 is 4.74 Å². The molecule has 0 aliphatic carbocycles. The van der Waals surface area contributed by atoms with Gasteiger partial charge in [-0.2, -0.15) is 0 Å². The lowest BCUT2D eigenvalue weighted by Gasteiger charge is -2.12. The van der Waals surface area contributed by atoms with Crippen molar-refractivity contribution in [1.82, 2.24) is 4.98 Å². The number of aryl methyl sites for hydroxylation is 1. The monoisotopic (exact) mass is 343 g/mol. The summed E-state index contributed by atoms with van der Waals surface area (Å²) in [5.41, 5.74) is 2.27. The number of H-pyrrole nitrogens is 1. The molecule has 1 N–H and O–H groups in total. The van der Waals surface area contributed by atoms with Crippen LogP contribution in [0.5, 0.6) is 5.75 Å². The normalized spacial score (nSPS) is 11.7. The molecule has 0 fully saturated rings. The molecule has 0 amide bonds. The molecule has 0 aliphatic rings. The van der Waals surface area contributed by atoms with E-state index in [2.05, 4.69) is 4.98 Å². The summed E-state index contributed by atoms with van der Waals surface area (Å²) in [6.45, 7) is 6.38. The van der Waals surface area contributed by atoms with Crippen molar-refractivity contribution >= 4 is 17.5 Å². The van der Waals surface area contributed by atoms with Crippen molar-refractivity contribution in [3.8, 4) is 5.75 Å². The Morgan fingerprint density at radius 1 is 1.16 bits per heavy atom. The molecular weight excluding hydrogens is 322 g/mol. The van der Waals surface area contributed by atoms with Gasteiger partial charge >= 0.3 is 5.97 Å². The molecule has 0 bridgehead atoms. The van der Waals surface area contributed by atoms with Crippen LogP contribution in [0.3, 0.4) is 0 Å². The van der Waals surface area contributed by atoms with Crippen molar-refractivity contribution in [3.05, 3.63) is 52.3 Å². The van der Waals surface area contributed by atoms with E-state index in [1.165, 1.54) is 27.0 Å². The number of ketones is 2. The van der Waals surface area contributed by atoms with Gasteiger partial charge in [0.1, 0.15) is 5.75 Å². The van der Waals surface area contributed by atoms with Crippen LogP contribution in [-0.2, 0) is 4.74 Å². The van der Waals surface area contributed by atoms with Crippen LogP contribution in [0.25, 0.3) is 0 Å². The minimum Gasteiger partial charge on any atom is -0.497 e. The summed E-state index contributed by atoms with van der Waals surface area (Å²) in [6.07, 6.45) is -0.991. The number of hydrogen-bond acceptors (Lipinski definition) is 5. The number of nitrogens with one attached hydrogen (secondary N) is 1. The van der Waals surface area contributed by atoms with Crippen LogP contribution in [0.15, 0.2) is 24.3 Å². The molecule has 1 heterocycles. The van der Waals surface area contributed by atoms with E-state index in [1.54, 1.807) is 32.0 Å². The summed E-state index contributed by atoms with van der Waals surface area (Å²) in [5.74, 6) is -0.599. The van der Waals surface area contributed by atoms with E-state index in [1.807, 2.05) is 0 Å². The van der Waals surface area contributed by atoms with E-state index >= 15 is 0 Å². The third-order valence-electron chi connectivity index (χ3n) is 3.99. The van der Waals surface area contributed by atoms with Crippen molar-refractivity contribution in [3.63, 3.8) is 0 Å². The van der Waals surface area contributed by atoms with Gasteiger partial charge in [0.05, 0.1) is 18.4 Å². The number of ether oxygens (including phenoxy) is 2. The Labute approximate surface area is 146 Å². The van der Waals surface area contributed by atoms with Crippen LogP contribution in [0.2, 0.25) is 0 Å². The van der Waals surface area contributed by atoms with Gasteiger partial charge in [-0.3, -0.25) is 9.59 Å². The zero-order valence-electron chi connectivity index (χ0n) is 14.9. The molecule has 0 spiro atoms. The molecule has 1 aromatic carbocycles. The fraction of sp³-hybridized carbons (Fsp3) is 0.316. The van der Waals surface area contributed by atoms with Crippen LogP contribution >= 0.6 is 0 Å². The molecule has 2 aromatic rings. The predicted molar refractivity (Wildman–Crippen MR) is 92.5 cm³/mol. The van der Waals surface area contributed by atoms with Crippen LogP contribution in [0.1, 0.15) is 56.3 Å². The lowest BCUT2D eigenvalue weighted by Crippen LogP contribution is -2.25. The minimum absolute atomic E-state index is 0.119. The van der Waals surface area contributed by atoms with Crippen molar-refractivity contribution in [2.75, 3.05) is 7.11 Å². The van der Waals surface area contributed by atoms with E-state index in [-0.39, 0.29) is 17.3 Å². The standard InChI is InChI=1S/C19H21NO5/c1-10-16(12(3)21)11(2)20-17(10)18(22)13(4)25-19(23)14-7-6-8-15(9-14)24-5/h6-9,13,20H,1-5H3/t13-/m0/s1. The fourth-order valence-electron chi connectivity index (χ4n) is 2.76. The summed E-state index contributed by atoms with van der Waals surface area (Å²) < 4.78 is 10.3. The molecule has 0 saturated heterocycles. The lowest BCUT2D eigenvalue weighted by atomic mass is 10.0. The molecule has 6 heteroatoms. The van der Waals surface area contributed by atoms with E-state index < -0.39 is 12.1 Å². The van der Waals surface area contributed by atoms with Crippen molar-refractivity contribution in [1.29, 1.82) is 0 Å². The Bertz CT molecular complexity index is 834. The number of methoxy groups -OCH3 is 1. The maximum atomic E-state index is 12.6. The van der Waals surface area contributed by atoms with Gasteiger partial charge in [0.15, 0.2) is 11.9 Å². The molecule has 2 rings (SSSR count). The van der Waals surface area contributed by atoms with Crippen LogP contribution in [-0.4, -0.2) is 35.7 Å². The number of Topliss-reactive ketones (excluding diaryl/α,β-unsaturated/α-hetero) is 2. The van der Waals surface area contributed by atoms with Gasteiger partial charge in [-0.25, -0.2) is 4.79 Å². The first-order valence-corrected chi connectivity index (χ1v) is 7.85. The maximum Gasteiger partial charge on any atom is 0.338 e.